The summed E-state index contributed by atoms with van der Waals surface area (Å²) in [5, 5.41) is 3.44. The van der Waals surface area contributed by atoms with Gasteiger partial charge in [-0.25, -0.2) is 4.98 Å². The van der Waals surface area contributed by atoms with Gasteiger partial charge in [-0.3, -0.25) is 0 Å². The van der Waals surface area contributed by atoms with Crippen LogP contribution in [0, 0.1) is 5.92 Å². The van der Waals surface area contributed by atoms with Gasteiger partial charge in [-0.05, 0) is 57.8 Å². The fraction of sp³-hybridized carbons (Fsp3) is 0.588. The molecule has 4 nitrogen and oxygen atoms in total. The number of rotatable bonds is 5. The van der Waals surface area contributed by atoms with Gasteiger partial charge in [-0.15, -0.1) is 0 Å². The molecule has 2 heterocycles. The summed E-state index contributed by atoms with van der Waals surface area (Å²) < 4.78 is 7.69. The molecule has 1 aliphatic rings. The Balaban J connectivity index is 1.90. The van der Waals surface area contributed by atoms with E-state index >= 15 is 0 Å². The average Bonchev–Trinajstić information content (AvgIpc) is 3.10. The Morgan fingerprint density at radius 1 is 1.43 bits per heavy atom. The smallest absolute Gasteiger partial charge is 0.121 e. The highest BCUT2D eigenvalue weighted by molar-refractivity contribution is 5.78. The molecule has 4 heteroatoms. The first kappa shape index (κ1) is 14.4. The first-order chi connectivity index (χ1) is 10.2. The van der Waals surface area contributed by atoms with Crippen molar-refractivity contribution < 1.29 is 4.74 Å². The summed E-state index contributed by atoms with van der Waals surface area (Å²) in [6.07, 6.45) is 3.58. The number of methoxy groups -OCH3 is 1. The Hall–Kier alpha value is -1.55. The highest BCUT2D eigenvalue weighted by Crippen LogP contribution is 2.26. The van der Waals surface area contributed by atoms with Crippen molar-refractivity contribution >= 4 is 11.0 Å². The van der Waals surface area contributed by atoms with Gasteiger partial charge in [-0.1, -0.05) is 0 Å². The van der Waals surface area contributed by atoms with Gasteiger partial charge < -0.3 is 14.6 Å². The van der Waals surface area contributed by atoms with E-state index in [4.69, 9.17) is 9.72 Å². The van der Waals surface area contributed by atoms with E-state index in [1.165, 1.54) is 30.7 Å². The Bertz CT molecular complexity index is 612. The molecule has 21 heavy (non-hydrogen) atoms. The lowest BCUT2D eigenvalue weighted by Crippen LogP contribution is -2.12. The van der Waals surface area contributed by atoms with Crippen molar-refractivity contribution in [3.63, 3.8) is 0 Å². The van der Waals surface area contributed by atoms with E-state index < -0.39 is 0 Å². The van der Waals surface area contributed by atoms with E-state index in [1.54, 1.807) is 7.11 Å². The minimum absolute atomic E-state index is 0.431. The van der Waals surface area contributed by atoms with Crippen molar-refractivity contribution in [3.05, 3.63) is 24.0 Å². The van der Waals surface area contributed by atoms with Crippen molar-refractivity contribution in [1.29, 1.82) is 0 Å². The third-order valence-electron chi connectivity index (χ3n) is 4.42. The summed E-state index contributed by atoms with van der Waals surface area (Å²) in [4.78, 5) is 4.87. The third kappa shape index (κ3) is 2.91. The van der Waals surface area contributed by atoms with Gasteiger partial charge in [0.2, 0.25) is 0 Å². The predicted molar refractivity (Wildman–Crippen MR) is 86.0 cm³/mol. The van der Waals surface area contributed by atoms with Gasteiger partial charge in [0.1, 0.15) is 11.6 Å². The molecule has 1 aliphatic heterocycles. The molecule has 0 amide bonds. The van der Waals surface area contributed by atoms with E-state index in [9.17, 15) is 0 Å². The Kier molecular flexibility index (Phi) is 4.15. The third-order valence-corrected chi connectivity index (χ3v) is 4.42. The molecule has 0 radical (unpaired) electrons. The maximum atomic E-state index is 5.32. The van der Waals surface area contributed by atoms with Crippen LogP contribution in [0.5, 0.6) is 5.75 Å². The number of fused-ring (bicyclic) bond motifs is 1. The van der Waals surface area contributed by atoms with E-state index in [0.717, 1.165) is 30.1 Å². The lowest BCUT2D eigenvalue weighted by atomic mass is 10.0. The minimum atomic E-state index is 0.431. The topological polar surface area (TPSA) is 39.1 Å². The fourth-order valence-electron chi connectivity index (χ4n) is 3.30. The highest BCUT2D eigenvalue weighted by atomic mass is 16.5. The van der Waals surface area contributed by atoms with Gasteiger partial charge >= 0.3 is 0 Å². The van der Waals surface area contributed by atoms with Crippen LogP contribution in [0.1, 0.15) is 38.6 Å². The highest BCUT2D eigenvalue weighted by Gasteiger charge is 2.18. The van der Waals surface area contributed by atoms with Crippen LogP contribution in [-0.4, -0.2) is 29.8 Å². The number of hydrogen-bond donors (Lipinski definition) is 1. The van der Waals surface area contributed by atoms with Gasteiger partial charge in [0.15, 0.2) is 0 Å². The van der Waals surface area contributed by atoms with E-state index in [0.29, 0.717) is 6.04 Å². The molecule has 0 bridgehead atoms. The van der Waals surface area contributed by atoms with Crippen LogP contribution in [0.2, 0.25) is 0 Å². The molecular weight excluding hydrogens is 262 g/mol. The molecule has 0 spiro atoms. The lowest BCUT2D eigenvalue weighted by Gasteiger charge is -2.14. The van der Waals surface area contributed by atoms with Crippen molar-refractivity contribution in [2.75, 3.05) is 20.2 Å². The summed E-state index contributed by atoms with van der Waals surface area (Å²) in [5.41, 5.74) is 2.26. The second-order valence-electron chi connectivity index (χ2n) is 6.24. The molecule has 114 valence electrons. The fourth-order valence-corrected chi connectivity index (χ4v) is 3.30. The molecule has 1 N–H and O–H groups in total. The summed E-state index contributed by atoms with van der Waals surface area (Å²) in [6, 6.07) is 6.62. The van der Waals surface area contributed by atoms with Crippen LogP contribution in [0.15, 0.2) is 18.2 Å². The van der Waals surface area contributed by atoms with Crippen LogP contribution in [0.25, 0.3) is 11.0 Å². The molecule has 0 aliphatic carbocycles. The summed E-state index contributed by atoms with van der Waals surface area (Å²) in [7, 11) is 1.70. The Morgan fingerprint density at radius 2 is 2.29 bits per heavy atom. The molecule has 2 aromatic rings. The quantitative estimate of drug-likeness (QED) is 0.918. The maximum absolute atomic E-state index is 5.32. The lowest BCUT2D eigenvalue weighted by molar-refractivity contribution is 0.415. The molecule has 1 unspecified atom stereocenters. The SMILES string of the molecule is COc1ccc2c(c1)nc(CCC1CCNC1)n2C(C)C. The van der Waals surface area contributed by atoms with Gasteiger partial charge in [0, 0.05) is 18.5 Å². The molecule has 1 aromatic carbocycles. The first-order valence-electron chi connectivity index (χ1n) is 7.94. The number of nitrogens with one attached hydrogen (secondary N) is 1. The molecule has 1 atom stereocenters. The normalized spacial score (nSPS) is 18.8. The molecule has 1 aromatic heterocycles. The molecule has 3 rings (SSSR count). The van der Waals surface area contributed by atoms with Crippen molar-refractivity contribution in [2.24, 2.45) is 5.92 Å². The molecular formula is C17H25N3O. The van der Waals surface area contributed by atoms with Gasteiger partial charge in [0.05, 0.1) is 18.1 Å². The van der Waals surface area contributed by atoms with Gasteiger partial charge in [-0.2, -0.15) is 0 Å². The van der Waals surface area contributed by atoms with Crippen LogP contribution in [-0.2, 0) is 6.42 Å². The first-order valence-corrected chi connectivity index (χ1v) is 7.94. The number of ether oxygens (including phenoxy) is 1. The second kappa shape index (κ2) is 6.06. The number of benzene rings is 1. The minimum Gasteiger partial charge on any atom is -0.497 e. The Labute approximate surface area is 126 Å². The number of hydrogen-bond acceptors (Lipinski definition) is 3. The predicted octanol–water partition coefficient (Wildman–Crippen LogP) is 3.17. The molecule has 0 saturated carbocycles. The summed E-state index contributed by atoms with van der Waals surface area (Å²) in [6.45, 7) is 6.79. The summed E-state index contributed by atoms with van der Waals surface area (Å²) >= 11 is 0. The van der Waals surface area contributed by atoms with Gasteiger partial charge in [0.25, 0.3) is 0 Å². The number of aryl methyl sites for hydroxylation is 1. The Morgan fingerprint density at radius 3 is 2.95 bits per heavy atom. The zero-order valence-corrected chi connectivity index (χ0v) is 13.2. The average molecular weight is 287 g/mol. The van der Waals surface area contributed by atoms with Crippen LogP contribution < -0.4 is 10.1 Å². The van der Waals surface area contributed by atoms with Crippen LogP contribution in [0.3, 0.4) is 0 Å². The van der Waals surface area contributed by atoms with E-state index in [-0.39, 0.29) is 0 Å². The van der Waals surface area contributed by atoms with Crippen LogP contribution >= 0.6 is 0 Å². The summed E-state index contributed by atoms with van der Waals surface area (Å²) in [5.74, 6) is 2.89. The monoisotopic (exact) mass is 287 g/mol. The standard InChI is InChI=1S/C17H25N3O/c1-12(2)20-16-6-5-14(21-3)10-15(16)19-17(20)7-4-13-8-9-18-11-13/h5-6,10,12-13,18H,4,7-9,11H2,1-3H3. The largest absolute Gasteiger partial charge is 0.497 e. The maximum Gasteiger partial charge on any atom is 0.121 e. The van der Waals surface area contributed by atoms with Crippen molar-refractivity contribution in [2.45, 2.75) is 39.2 Å². The van der Waals surface area contributed by atoms with E-state index in [2.05, 4.69) is 29.8 Å². The zero-order chi connectivity index (χ0) is 14.8. The number of nitrogens with zero attached hydrogens (tertiary/aromatic N) is 2. The number of imidazole rings is 1. The zero-order valence-electron chi connectivity index (χ0n) is 13.2. The second-order valence-corrected chi connectivity index (χ2v) is 6.24. The van der Waals surface area contributed by atoms with Crippen molar-refractivity contribution in [3.8, 4) is 5.75 Å². The molecule has 1 fully saturated rings. The van der Waals surface area contributed by atoms with E-state index in [1.807, 2.05) is 12.1 Å². The number of aromatic nitrogens is 2. The molecule has 1 saturated heterocycles. The van der Waals surface area contributed by atoms with Crippen molar-refractivity contribution in [1.82, 2.24) is 14.9 Å². The van der Waals surface area contributed by atoms with Crippen LogP contribution in [0.4, 0.5) is 0 Å².